The largest absolute Gasteiger partial charge is 0.461 e. The molecule has 0 radical (unpaired) electrons. The Hall–Kier alpha value is -1.84. The Morgan fingerprint density at radius 2 is 2.04 bits per heavy atom. The predicted octanol–water partition coefficient (Wildman–Crippen LogP) is 3.53. The number of hydrogen-bond donors (Lipinski definition) is 0. The summed E-state index contributed by atoms with van der Waals surface area (Å²) in [7, 11) is 0. The molecule has 0 aromatic carbocycles. The first-order valence-corrected chi connectivity index (χ1v) is 9.52. The minimum atomic E-state index is -0.863. The van der Waals surface area contributed by atoms with Crippen LogP contribution in [-0.2, 0) is 28.5 Å². The molecule has 1 rings (SSSR count). The van der Waals surface area contributed by atoms with E-state index in [4.69, 9.17) is 25.4 Å². The molecule has 0 aromatic rings. The van der Waals surface area contributed by atoms with Crippen molar-refractivity contribution in [2.24, 2.45) is 0 Å². The molecule has 0 bridgehead atoms. The molecule has 1 saturated heterocycles. The molecule has 2 atom stereocenters. The number of terminal acetylenes is 1. The zero-order valence-electron chi connectivity index (χ0n) is 16.8. The van der Waals surface area contributed by atoms with Crippen molar-refractivity contribution in [2.45, 2.75) is 83.2 Å². The molecular formula is C21H32O6. The van der Waals surface area contributed by atoms with Gasteiger partial charge in [-0.05, 0) is 26.7 Å². The number of ether oxygens (including phenoxy) is 4. The number of hydrogen-bond acceptors (Lipinski definition) is 6. The van der Waals surface area contributed by atoms with E-state index in [2.05, 4.69) is 19.4 Å². The van der Waals surface area contributed by atoms with Crippen LogP contribution in [0.3, 0.4) is 0 Å². The van der Waals surface area contributed by atoms with Gasteiger partial charge in [-0.25, -0.2) is 0 Å². The van der Waals surface area contributed by atoms with Crippen LogP contribution < -0.4 is 0 Å². The molecule has 1 aliphatic rings. The van der Waals surface area contributed by atoms with E-state index in [1.165, 1.54) is 6.08 Å². The lowest BCUT2D eigenvalue weighted by Crippen LogP contribution is -2.48. The number of carbonyl (C=O) groups excluding carboxylic acids is 2. The van der Waals surface area contributed by atoms with E-state index < -0.39 is 29.4 Å². The highest BCUT2D eigenvalue weighted by Crippen LogP contribution is 2.38. The first-order chi connectivity index (χ1) is 12.8. The van der Waals surface area contributed by atoms with Crippen molar-refractivity contribution in [1.29, 1.82) is 0 Å². The molecule has 0 aromatic heterocycles. The molecular weight excluding hydrogens is 348 g/mol. The van der Waals surface area contributed by atoms with Gasteiger partial charge in [0.2, 0.25) is 0 Å². The summed E-state index contributed by atoms with van der Waals surface area (Å²) in [6.45, 7) is 9.66. The summed E-state index contributed by atoms with van der Waals surface area (Å²) < 4.78 is 22.5. The summed E-state index contributed by atoms with van der Waals surface area (Å²) in [5.41, 5.74) is -0.863. The van der Waals surface area contributed by atoms with Gasteiger partial charge < -0.3 is 18.9 Å². The Labute approximate surface area is 162 Å². The van der Waals surface area contributed by atoms with Crippen molar-refractivity contribution in [1.82, 2.24) is 0 Å². The molecule has 6 heteroatoms. The van der Waals surface area contributed by atoms with Crippen molar-refractivity contribution in [3.05, 3.63) is 12.7 Å². The van der Waals surface area contributed by atoms with Crippen LogP contribution in [0.2, 0.25) is 0 Å². The summed E-state index contributed by atoms with van der Waals surface area (Å²) in [5.74, 6) is 0.955. The van der Waals surface area contributed by atoms with Gasteiger partial charge in [-0.3, -0.25) is 9.59 Å². The average Bonchev–Trinajstić information content (AvgIpc) is 3.01. The normalized spacial score (nSPS) is 20.3. The van der Waals surface area contributed by atoms with E-state index in [1.54, 1.807) is 0 Å². The Bertz CT molecular complexity index is 547. The molecule has 0 amide bonds. The van der Waals surface area contributed by atoms with E-state index in [9.17, 15) is 9.59 Å². The van der Waals surface area contributed by atoms with Gasteiger partial charge in [0.25, 0.3) is 0 Å². The molecule has 152 valence electrons. The van der Waals surface area contributed by atoms with Crippen LogP contribution in [0.4, 0.5) is 0 Å². The van der Waals surface area contributed by atoms with E-state index in [-0.39, 0.29) is 19.4 Å². The molecule has 6 nitrogen and oxygen atoms in total. The van der Waals surface area contributed by atoms with Crippen molar-refractivity contribution in [3.63, 3.8) is 0 Å². The molecule has 0 N–H and O–H groups in total. The monoisotopic (exact) mass is 380 g/mol. The number of rotatable bonds is 12. The van der Waals surface area contributed by atoms with Gasteiger partial charge in [0.05, 0.1) is 19.4 Å². The van der Waals surface area contributed by atoms with Crippen LogP contribution in [0.1, 0.15) is 65.7 Å². The fourth-order valence-corrected chi connectivity index (χ4v) is 3.03. The SMILES string of the molecule is C#CCC[C@@](CCCC)(OC(=O)CCC(=O)OCC=C)[C@@H]1COC(C)(C)O1. The molecule has 1 fully saturated rings. The molecule has 1 aliphatic heterocycles. The third-order valence-electron chi connectivity index (χ3n) is 4.45. The quantitative estimate of drug-likeness (QED) is 0.293. The number of esters is 2. The molecule has 0 saturated carbocycles. The highest BCUT2D eigenvalue weighted by atomic mass is 16.8. The lowest BCUT2D eigenvalue weighted by Gasteiger charge is -2.38. The van der Waals surface area contributed by atoms with Gasteiger partial charge in [-0.15, -0.1) is 12.3 Å². The minimum Gasteiger partial charge on any atom is -0.461 e. The average molecular weight is 380 g/mol. The van der Waals surface area contributed by atoms with E-state index in [1.807, 2.05) is 13.8 Å². The van der Waals surface area contributed by atoms with Crippen LogP contribution in [0.5, 0.6) is 0 Å². The second-order valence-electron chi connectivity index (χ2n) is 7.14. The standard InChI is InChI=1S/C21H32O6/c1-6-9-13-21(14-10-7-2,17-16-25-20(4,5)26-17)27-19(23)12-11-18(22)24-15-8-3/h1,8,17H,3,7,9-16H2,2,4-5H3/t17-,21-/m0/s1. The highest BCUT2D eigenvalue weighted by molar-refractivity contribution is 5.78. The maximum atomic E-state index is 12.5. The van der Waals surface area contributed by atoms with E-state index in [0.29, 0.717) is 25.9 Å². The molecule has 1 heterocycles. The van der Waals surface area contributed by atoms with Crippen LogP contribution in [0.25, 0.3) is 0 Å². The summed E-state index contributed by atoms with van der Waals surface area (Å²) in [5, 5.41) is 0. The van der Waals surface area contributed by atoms with Crippen molar-refractivity contribution in [2.75, 3.05) is 13.2 Å². The third-order valence-corrected chi connectivity index (χ3v) is 4.45. The van der Waals surface area contributed by atoms with Crippen molar-refractivity contribution in [3.8, 4) is 12.3 Å². The second kappa shape index (κ2) is 11.1. The first kappa shape index (κ1) is 23.2. The zero-order valence-corrected chi connectivity index (χ0v) is 16.8. The lowest BCUT2D eigenvalue weighted by molar-refractivity contribution is -0.197. The summed E-state index contributed by atoms with van der Waals surface area (Å²) in [6.07, 6.45) is 9.81. The van der Waals surface area contributed by atoms with Gasteiger partial charge in [0.1, 0.15) is 18.3 Å². The summed E-state index contributed by atoms with van der Waals surface area (Å²) >= 11 is 0. The van der Waals surface area contributed by atoms with Crippen LogP contribution in [-0.4, -0.2) is 42.6 Å². The maximum absolute atomic E-state index is 12.5. The molecule has 27 heavy (non-hydrogen) atoms. The number of unbranched alkanes of at least 4 members (excludes halogenated alkanes) is 1. The fraction of sp³-hybridized carbons (Fsp3) is 0.714. The maximum Gasteiger partial charge on any atom is 0.307 e. The fourth-order valence-electron chi connectivity index (χ4n) is 3.03. The van der Waals surface area contributed by atoms with Crippen LogP contribution >= 0.6 is 0 Å². The molecule has 0 unspecified atom stereocenters. The van der Waals surface area contributed by atoms with Gasteiger partial charge in [-0.2, -0.15) is 0 Å². The van der Waals surface area contributed by atoms with E-state index >= 15 is 0 Å². The minimum absolute atomic E-state index is 0.0425. The van der Waals surface area contributed by atoms with Gasteiger partial charge in [0.15, 0.2) is 5.79 Å². The Balaban J connectivity index is 2.85. The third kappa shape index (κ3) is 7.74. The zero-order chi connectivity index (χ0) is 20.3. The highest BCUT2D eigenvalue weighted by Gasteiger charge is 2.49. The second-order valence-corrected chi connectivity index (χ2v) is 7.14. The Kier molecular flexibility index (Phi) is 9.54. The first-order valence-electron chi connectivity index (χ1n) is 9.52. The van der Waals surface area contributed by atoms with Crippen molar-refractivity contribution < 1.29 is 28.5 Å². The van der Waals surface area contributed by atoms with Gasteiger partial charge >= 0.3 is 11.9 Å². The van der Waals surface area contributed by atoms with Crippen molar-refractivity contribution >= 4 is 11.9 Å². The molecule has 0 spiro atoms. The van der Waals surface area contributed by atoms with Gasteiger partial charge in [0, 0.05) is 12.8 Å². The van der Waals surface area contributed by atoms with Gasteiger partial charge in [-0.1, -0.05) is 26.0 Å². The topological polar surface area (TPSA) is 71.1 Å². The van der Waals surface area contributed by atoms with Crippen LogP contribution in [0.15, 0.2) is 12.7 Å². The van der Waals surface area contributed by atoms with Crippen LogP contribution in [0, 0.1) is 12.3 Å². The Morgan fingerprint density at radius 1 is 1.33 bits per heavy atom. The lowest BCUT2D eigenvalue weighted by atomic mass is 9.85. The predicted molar refractivity (Wildman–Crippen MR) is 102 cm³/mol. The smallest absolute Gasteiger partial charge is 0.307 e. The molecule has 0 aliphatic carbocycles. The summed E-state index contributed by atoms with van der Waals surface area (Å²) in [6, 6.07) is 0. The number of carbonyl (C=O) groups is 2. The van der Waals surface area contributed by atoms with E-state index in [0.717, 1.165) is 12.8 Å². The summed E-state index contributed by atoms with van der Waals surface area (Å²) in [4.78, 5) is 24.1. The Morgan fingerprint density at radius 3 is 2.59 bits per heavy atom.